The smallest absolute Gasteiger partial charge is 0.450 e. The van der Waals surface area contributed by atoms with Gasteiger partial charge in [-0.2, -0.15) is 0 Å². The summed E-state index contributed by atoms with van der Waals surface area (Å²) >= 11 is 0. The fourth-order valence-electron chi connectivity index (χ4n) is 2.49. The number of likely N-dealkylation sites (tertiary alicyclic amines) is 1. The minimum Gasteiger partial charge on any atom is -0.450 e. The molecule has 1 aromatic heterocycles. The number of aromatic nitrogens is 1. The first kappa shape index (κ1) is 19.7. The van der Waals surface area contributed by atoms with E-state index in [2.05, 4.69) is 4.98 Å². The fraction of sp³-hybridized carbons (Fsp3) is 0.562. The molecule has 0 aliphatic carbocycles. The average Bonchev–Trinajstić information content (AvgIpc) is 2.44. The average molecular weight is 386 g/mol. The number of rotatable bonds is 5. The van der Waals surface area contributed by atoms with E-state index in [1.807, 2.05) is 6.26 Å². The standard InChI is InChI=1S/C16H22N2O5S2/c1-15(2,3)22-13(19)18-9-11(10-18)16(25-24-4,23-14(20)21)12-7-5-6-8-17-12/h5-8,11H,9-10H2,1-4H3,(H,20,21). The molecule has 1 aliphatic heterocycles. The highest BCUT2D eigenvalue weighted by atomic mass is 33.1. The number of pyridine rings is 1. The van der Waals surface area contributed by atoms with Gasteiger partial charge in [-0.05, 0) is 50.0 Å². The number of hydrogen-bond donors (Lipinski definition) is 1. The summed E-state index contributed by atoms with van der Waals surface area (Å²) < 4.78 is 10.7. The van der Waals surface area contributed by atoms with E-state index in [1.54, 1.807) is 50.1 Å². The number of ether oxygens (including phenoxy) is 2. The summed E-state index contributed by atoms with van der Waals surface area (Å²) in [5, 5.41) is 9.26. The Labute approximate surface area is 154 Å². The van der Waals surface area contributed by atoms with Crippen LogP contribution in [0.15, 0.2) is 24.4 Å². The van der Waals surface area contributed by atoms with Crippen LogP contribution in [0.4, 0.5) is 9.59 Å². The molecule has 1 amide bonds. The second-order valence-electron chi connectivity index (χ2n) is 6.58. The Hall–Kier alpha value is -1.61. The van der Waals surface area contributed by atoms with Crippen molar-refractivity contribution >= 4 is 33.8 Å². The number of amides is 1. The van der Waals surface area contributed by atoms with Gasteiger partial charge in [-0.15, -0.1) is 0 Å². The van der Waals surface area contributed by atoms with Crippen LogP contribution >= 0.6 is 21.6 Å². The molecule has 9 heteroatoms. The van der Waals surface area contributed by atoms with Crippen LogP contribution in [0.3, 0.4) is 0 Å². The van der Waals surface area contributed by atoms with E-state index in [0.29, 0.717) is 18.8 Å². The van der Waals surface area contributed by atoms with Gasteiger partial charge in [-0.25, -0.2) is 9.59 Å². The minimum atomic E-state index is -1.37. The summed E-state index contributed by atoms with van der Waals surface area (Å²) in [6.07, 6.45) is 1.66. The van der Waals surface area contributed by atoms with Gasteiger partial charge in [-0.1, -0.05) is 16.9 Å². The Kier molecular flexibility index (Phi) is 6.10. The Morgan fingerprint density at radius 2 is 1.96 bits per heavy atom. The van der Waals surface area contributed by atoms with Crippen LogP contribution in [0, 0.1) is 5.92 Å². The molecule has 7 nitrogen and oxygen atoms in total. The molecule has 1 fully saturated rings. The van der Waals surface area contributed by atoms with Crippen LogP contribution in [0.2, 0.25) is 0 Å². The molecule has 1 atom stereocenters. The molecule has 0 saturated carbocycles. The maximum absolute atomic E-state index is 12.1. The molecule has 0 bridgehead atoms. The van der Waals surface area contributed by atoms with Gasteiger partial charge in [0.15, 0.2) is 0 Å². The number of carbonyl (C=O) groups is 2. The summed E-state index contributed by atoms with van der Waals surface area (Å²) in [5.74, 6) is -0.219. The van der Waals surface area contributed by atoms with Crippen molar-refractivity contribution in [1.29, 1.82) is 0 Å². The maximum atomic E-state index is 12.1. The van der Waals surface area contributed by atoms with Crippen molar-refractivity contribution in [2.24, 2.45) is 5.92 Å². The molecule has 1 aromatic rings. The van der Waals surface area contributed by atoms with E-state index in [-0.39, 0.29) is 5.92 Å². The highest BCUT2D eigenvalue weighted by molar-refractivity contribution is 8.76. The number of hydrogen-bond acceptors (Lipinski definition) is 7. The summed E-state index contributed by atoms with van der Waals surface area (Å²) in [6, 6.07) is 5.28. The second kappa shape index (κ2) is 7.74. The highest BCUT2D eigenvalue weighted by Crippen LogP contribution is 2.51. The monoisotopic (exact) mass is 386 g/mol. The van der Waals surface area contributed by atoms with Crippen LogP contribution in [-0.4, -0.2) is 52.2 Å². The molecule has 1 N–H and O–H groups in total. The third kappa shape index (κ3) is 4.72. The zero-order chi connectivity index (χ0) is 18.7. The lowest BCUT2D eigenvalue weighted by Gasteiger charge is -2.47. The molecule has 2 heterocycles. The van der Waals surface area contributed by atoms with Gasteiger partial charge in [0.2, 0.25) is 4.93 Å². The van der Waals surface area contributed by atoms with E-state index in [4.69, 9.17) is 9.47 Å². The summed E-state index contributed by atoms with van der Waals surface area (Å²) in [5.41, 5.74) is -0.0585. The van der Waals surface area contributed by atoms with Crippen LogP contribution in [-0.2, 0) is 14.4 Å². The predicted octanol–water partition coefficient (Wildman–Crippen LogP) is 3.81. The van der Waals surface area contributed by atoms with Gasteiger partial charge in [-0.3, -0.25) is 4.98 Å². The van der Waals surface area contributed by atoms with Gasteiger partial charge in [0.05, 0.1) is 11.6 Å². The molecular formula is C16H22N2O5S2. The van der Waals surface area contributed by atoms with Crippen LogP contribution in [0.25, 0.3) is 0 Å². The van der Waals surface area contributed by atoms with Gasteiger partial charge in [0.25, 0.3) is 0 Å². The quantitative estimate of drug-likeness (QED) is 0.464. The topological polar surface area (TPSA) is 89.0 Å². The Morgan fingerprint density at radius 3 is 2.44 bits per heavy atom. The van der Waals surface area contributed by atoms with Crippen molar-refractivity contribution in [3.8, 4) is 0 Å². The lowest BCUT2D eigenvalue weighted by Crippen LogP contribution is -2.59. The molecular weight excluding hydrogens is 364 g/mol. The van der Waals surface area contributed by atoms with E-state index in [0.717, 1.165) is 0 Å². The van der Waals surface area contributed by atoms with Gasteiger partial charge >= 0.3 is 12.2 Å². The first-order chi connectivity index (χ1) is 11.7. The molecule has 25 heavy (non-hydrogen) atoms. The minimum absolute atomic E-state index is 0.219. The van der Waals surface area contributed by atoms with E-state index < -0.39 is 22.8 Å². The lowest BCUT2D eigenvalue weighted by atomic mass is 9.90. The highest BCUT2D eigenvalue weighted by Gasteiger charge is 2.53. The fourth-order valence-corrected chi connectivity index (χ4v) is 4.84. The predicted molar refractivity (Wildman–Crippen MR) is 97.4 cm³/mol. The Balaban J connectivity index is 2.21. The number of nitrogens with zero attached hydrogens (tertiary/aromatic N) is 2. The lowest BCUT2D eigenvalue weighted by molar-refractivity contribution is -0.0619. The molecule has 1 aliphatic rings. The summed E-state index contributed by atoms with van der Waals surface area (Å²) in [7, 11) is 2.68. The van der Waals surface area contributed by atoms with Crippen molar-refractivity contribution in [3.63, 3.8) is 0 Å². The van der Waals surface area contributed by atoms with Crippen molar-refractivity contribution in [1.82, 2.24) is 9.88 Å². The van der Waals surface area contributed by atoms with E-state index in [1.165, 1.54) is 21.6 Å². The molecule has 0 radical (unpaired) electrons. The van der Waals surface area contributed by atoms with Crippen LogP contribution < -0.4 is 0 Å². The summed E-state index contributed by atoms with van der Waals surface area (Å²) in [6.45, 7) is 6.09. The molecule has 2 rings (SSSR count). The van der Waals surface area contributed by atoms with E-state index in [9.17, 15) is 14.7 Å². The van der Waals surface area contributed by atoms with Gasteiger partial charge < -0.3 is 19.5 Å². The third-order valence-corrected chi connectivity index (χ3v) is 5.82. The van der Waals surface area contributed by atoms with Crippen molar-refractivity contribution in [2.45, 2.75) is 31.3 Å². The zero-order valence-corrected chi connectivity index (χ0v) is 16.2. The Morgan fingerprint density at radius 1 is 1.28 bits per heavy atom. The number of carboxylic acid groups (broad SMARTS) is 1. The normalized spacial score (nSPS) is 17.4. The first-order valence-electron chi connectivity index (χ1n) is 7.71. The zero-order valence-electron chi connectivity index (χ0n) is 14.6. The van der Waals surface area contributed by atoms with Crippen molar-refractivity contribution < 1.29 is 24.2 Å². The van der Waals surface area contributed by atoms with Gasteiger partial charge in [0, 0.05) is 19.3 Å². The molecule has 138 valence electrons. The maximum Gasteiger partial charge on any atom is 0.507 e. The largest absolute Gasteiger partial charge is 0.507 e. The molecule has 0 aromatic carbocycles. The van der Waals surface area contributed by atoms with Gasteiger partial charge in [0.1, 0.15) is 5.60 Å². The molecule has 1 saturated heterocycles. The third-order valence-electron chi connectivity index (χ3n) is 3.54. The van der Waals surface area contributed by atoms with Crippen molar-refractivity contribution in [2.75, 3.05) is 19.3 Å². The second-order valence-corrected chi connectivity index (χ2v) is 9.19. The number of carbonyl (C=O) groups excluding carboxylic acids is 1. The first-order valence-corrected chi connectivity index (χ1v) is 10.3. The summed E-state index contributed by atoms with van der Waals surface area (Å²) in [4.78, 5) is 28.1. The molecule has 0 spiro atoms. The SMILES string of the molecule is CSSC(OC(=O)O)(c1ccccn1)C1CN(C(=O)OC(C)(C)C)C1. The van der Waals surface area contributed by atoms with E-state index >= 15 is 0 Å². The van der Waals surface area contributed by atoms with Crippen molar-refractivity contribution in [3.05, 3.63) is 30.1 Å². The Bertz CT molecular complexity index is 617. The molecule has 1 unspecified atom stereocenters. The van der Waals surface area contributed by atoms with Crippen LogP contribution in [0.5, 0.6) is 0 Å². The van der Waals surface area contributed by atoms with Crippen LogP contribution in [0.1, 0.15) is 26.5 Å².